The van der Waals surface area contributed by atoms with E-state index >= 15 is 0 Å². The van der Waals surface area contributed by atoms with E-state index in [4.69, 9.17) is 10.5 Å². The van der Waals surface area contributed by atoms with Crippen molar-refractivity contribution in [3.63, 3.8) is 0 Å². The molecular weight excluding hydrogens is 522 g/mol. The lowest BCUT2D eigenvalue weighted by Crippen LogP contribution is -2.56. The lowest BCUT2D eigenvalue weighted by molar-refractivity contribution is -0.132. The summed E-state index contributed by atoms with van der Waals surface area (Å²) < 4.78 is 5.28. The molecule has 1 aliphatic carbocycles. The van der Waals surface area contributed by atoms with Gasteiger partial charge in [-0.25, -0.2) is 4.79 Å². The van der Waals surface area contributed by atoms with Gasteiger partial charge in [0.1, 0.15) is 17.7 Å². The Morgan fingerprint density at radius 1 is 0.854 bits per heavy atom. The first-order chi connectivity index (χ1) is 19.3. The van der Waals surface area contributed by atoms with Crippen molar-refractivity contribution in [1.29, 1.82) is 0 Å². The summed E-state index contributed by atoms with van der Waals surface area (Å²) in [4.78, 5) is 50.3. The second kappa shape index (κ2) is 19.7. The number of nitrogens with two attached hydrogens (primary N) is 1. The molecule has 0 aliphatic heterocycles. The normalized spacial score (nSPS) is 16.5. The van der Waals surface area contributed by atoms with Crippen molar-refractivity contribution in [3.05, 3.63) is 0 Å². The van der Waals surface area contributed by atoms with Crippen LogP contribution in [0.2, 0.25) is 0 Å². The van der Waals surface area contributed by atoms with Crippen LogP contribution in [0.15, 0.2) is 0 Å². The molecule has 0 aromatic rings. The summed E-state index contributed by atoms with van der Waals surface area (Å²) in [5, 5.41) is 11.9. The van der Waals surface area contributed by atoms with E-state index in [9.17, 15) is 19.2 Å². The van der Waals surface area contributed by atoms with E-state index in [0.29, 0.717) is 45.1 Å². The Balaban J connectivity index is 2.73. The standard InChI is InChI=1S/C31H59N5O5/c1-7-14-25(29(39)36-26(27(32)37)21-22(2)3)35-28(38)24(33-20-13-17-23-15-9-8-10-16-23)18-11-12-19-34-30(40)41-31(4,5)6/h22-26,33H,7-21H2,1-6H3,(H2,32,37)(H,34,40)(H,35,38)(H,36,39)/t24-,25-,26-/m0/s1. The van der Waals surface area contributed by atoms with Crippen LogP contribution < -0.4 is 27.0 Å². The summed E-state index contributed by atoms with van der Waals surface area (Å²) in [6, 6.07) is -1.98. The van der Waals surface area contributed by atoms with Gasteiger partial charge in [-0.3, -0.25) is 14.4 Å². The van der Waals surface area contributed by atoms with Crippen LogP contribution in [0, 0.1) is 11.8 Å². The number of ether oxygens (including phenoxy) is 1. The average molecular weight is 582 g/mol. The number of alkyl carbamates (subject to hydrolysis) is 1. The molecule has 0 spiro atoms. The van der Waals surface area contributed by atoms with Crippen molar-refractivity contribution < 1.29 is 23.9 Å². The molecule has 0 aromatic carbocycles. The van der Waals surface area contributed by atoms with Gasteiger partial charge in [0.15, 0.2) is 0 Å². The van der Waals surface area contributed by atoms with Crippen LogP contribution in [-0.2, 0) is 19.1 Å². The number of primary amides is 1. The number of hydrogen-bond donors (Lipinski definition) is 5. The third-order valence-corrected chi connectivity index (χ3v) is 7.39. The second-order valence-corrected chi connectivity index (χ2v) is 13.0. The van der Waals surface area contributed by atoms with Crippen LogP contribution in [0.3, 0.4) is 0 Å². The van der Waals surface area contributed by atoms with Gasteiger partial charge in [0, 0.05) is 6.54 Å². The molecule has 0 bridgehead atoms. The number of rotatable bonds is 19. The highest BCUT2D eigenvalue weighted by molar-refractivity contribution is 5.92. The number of carbonyl (C=O) groups is 4. The summed E-state index contributed by atoms with van der Waals surface area (Å²) in [6.07, 6.45) is 11.8. The third kappa shape index (κ3) is 17.3. The predicted molar refractivity (Wildman–Crippen MR) is 163 cm³/mol. The van der Waals surface area contributed by atoms with E-state index in [1.165, 1.54) is 32.1 Å². The zero-order chi connectivity index (χ0) is 30.8. The van der Waals surface area contributed by atoms with Gasteiger partial charge in [-0.05, 0) is 84.1 Å². The van der Waals surface area contributed by atoms with Crippen molar-refractivity contribution in [2.75, 3.05) is 13.1 Å². The fraction of sp³-hybridized carbons (Fsp3) is 0.871. The van der Waals surface area contributed by atoms with E-state index in [1.54, 1.807) is 0 Å². The number of carbonyl (C=O) groups excluding carboxylic acids is 4. The van der Waals surface area contributed by atoms with Gasteiger partial charge in [0.2, 0.25) is 17.7 Å². The summed E-state index contributed by atoms with van der Waals surface area (Å²) >= 11 is 0. The smallest absolute Gasteiger partial charge is 0.407 e. The monoisotopic (exact) mass is 581 g/mol. The average Bonchev–Trinajstić information content (AvgIpc) is 2.88. The van der Waals surface area contributed by atoms with E-state index in [2.05, 4.69) is 21.3 Å². The van der Waals surface area contributed by atoms with Gasteiger partial charge in [-0.1, -0.05) is 59.3 Å². The minimum absolute atomic E-state index is 0.180. The first kappa shape index (κ1) is 36.7. The van der Waals surface area contributed by atoms with Crippen molar-refractivity contribution in [2.45, 2.75) is 149 Å². The lowest BCUT2D eigenvalue weighted by Gasteiger charge is -2.26. The Morgan fingerprint density at radius 3 is 2.07 bits per heavy atom. The molecule has 6 N–H and O–H groups in total. The number of unbranched alkanes of at least 4 members (excludes halogenated alkanes) is 1. The van der Waals surface area contributed by atoms with Gasteiger partial charge < -0.3 is 31.7 Å². The Hall–Kier alpha value is -2.36. The molecule has 1 saturated carbocycles. The first-order valence-electron chi connectivity index (χ1n) is 15.9. The molecule has 4 amide bonds. The van der Waals surface area contributed by atoms with Crippen LogP contribution in [0.5, 0.6) is 0 Å². The predicted octanol–water partition coefficient (Wildman–Crippen LogP) is 4.30. The Kier molecular flexibility index (Phi) is 17.6. The second-order valence-electron chi connectivity index (χ2n) is 13.0. The highest BCUT2D eigenvalue weighted by atomic mass is 16.6. The van der Waals surface area contributed by atoms with Crippen LogP contribution in [0.4, 0.5) is 4.79 Å². The largest absolute Gasteiger partial charge is 0.444 e. The highest BCUT2D eigenvalue weighted by Crippen LogP contribution is 2.27. The molecule has 10 heteroatoms. The van der Waals surface area contributed by atoms with Crippen molar-refractivity contribution in [1.82, 2.24) is 21.3 Å². The van der Waals surface area contributed by atoms with Gasteiger partial charge in [-0.15, -0.1) is 0 Å². The summed E-state index contributed by atoms with van der Waals surface area (Å²) in [5.41, 5.74) is 4.97. The minimum atomic E-state index is -0.773. The number of hydrogen-bond acceptors (Lipinski definition) is 6. The highest BCUT2D eigenvalue weighted by Gasteiger charge is 2.28. The topological polar surface area (TPSA) is 152 Å². The molecule has 41 heavy (non-hydrogen) atoms. The molecule has 0 aromatic heterocycles. The van der Waals surface area contributed by atoms with Crippen LogP contribution in [0.1, 0.15) is 125 Å². The first-order valence-corrected chi connectivity index (χ1v) is 15.9. The molecule has 10 nitrogen and oxygen atoms in total. The zero-order valence-electron chi connectivity index (χ0n) is 26.6. The molecule has 238 valence electrons. The van der Waals surface area contributed by atoms with E-state index in [0.717, 1.165) is 25.3 Å². The van der Waals surface area contributed by atoms with Gasteiger partial charge in [0.25, 0.3) is 0 Å². The molecular formula is C31H59N5O5. The van der Waals surface area contributed by atoms with E-state index in [-0.39, 0.29) is 17.7 Å². The SMILES string of the molecule is CCC[C@H](NC(=O)[C@H](CCCCNC(=O)OC(C)(C)C)NCCCC1CCCCC1)C(=O)N[C@@H](CC(C)C)C(N)=O. The van der Waals surface area contributed by atoms with Gasteiger partial charge in [-0.2, -0.15) is 0 Å². The molecule has 3 atom stereocenters. The molecule has 1 fully saturated rings. The van der Waals surface area contributed by atoms with E-state index in [1.807, 2.05) is 41.5 Å². The minimum Gasteiger partial charge on any atom is -0.444 e. The van der Waals surface area contributed by atoms with E-state index < -0.39 is 35.7 Å². The van der Waals surface area contributed by atoms with Crippen molar-refractivity contribution in [3.8, 4) is 0 Å². The Labute approximate surface area is 248 Å². The summed E-state index contributed by atoms with van der Waals surface area (Å²) in [6.45, 7) is 12.5. The Morgan fingerprint density at radius 2 is 1.49 bits per heavy atom. The molecule has 0 unspecified atom stereocenters. The van der Waals surface area contributed by atoms with Gasteiger partial charge >= 0.3 is 6.09 Å². The number of amides is 4. The molecule has 0 heterocycles. The summed E-state index contributed by atoms with van der Waals surface area (Å²) in [7, 11) is 0. The molecule has 0 saturated heterocycles. The molecule has 0 radical (unpaired) electrons. The third-order valence-electron chi connectivity index (χ3n) is 7.39. The fourth-order valence-electron chi connectivity index (χ4n) is 5.27. The quantitative estimate of drug-likeness (QED) is 0.143. The number of nitrogens with one attached hydrogen (secondary N) is 4. The van der Waals surface area contributed by atoms with Crippen molar-refractivity contribution in [2.24, 2.45) is 17.6 Å². The maximum absolute atomic E-state index is 13.4. The van der Waals surface area contributed by atoms with Crippen LogP contribution >= 0.6 is 0 Å². The van der Waals surface area contributed by atoms with Crippen LogP contribution in [0.25, 0.3) is 0 Å². The zero-order valence-corrected chi connectivity index (χ0v) is 26.6. The molecule has 1 aliphatic rings. The summed E-state index contributed by atoms with van der Waals surface area (Å²) in [5.74, 6) is -0.235. The van der Waals surface area contributed by atoms with Crippen molar-refractivity contribution >= 4 is 23.8 Å². The maximum Gasteiger partial charge on any atom is 0.407 e. The molecule has 1 rings (SSSR count). The lowest BCUT2D eigenvalue weighted by atomic mass is 9.86. The fourth-order valence-corrected chi connectivity index (χ4v) is 5.27. The maximum atomic E-state index is 13.4. The van der Waals surface area contributed by atoms with Gasteiger partial charge in [0.05, 0.1) is 6.04 Å². The van der Waals surface area contributed by atoms with Crippen LogP contribution in [-0.4, -0.2) is 60.6 Å². The Bertz CT molecular complexity index is 792.